The van der Waals surface area contributed by atoms with Gasteiger partial charge in [-0.2, -0.15) is 0 Å². The van der Waals surface area contributed by atoms with Crippen LogP contribution in [0.5, 0.6) is 0 Å². The third kappa shape index (κ3) is 3.42. The monoisotopic (exact) mass is 380 g/mol. The molecule has 0 amide bonds. The van der Waals surface area contributed by atoms with E-state index in [-0.39, 0.29) is 5.76 Å². The minimum Gasteiger partial charge on any atom is -0.466 e. The second-order valence-electron chi connectivity index (χ2n) is 6.16. The minimum atomic E-state index is -2.61. The van der Waals surface area contributed by atoms with Crippen LogP contribution in [0.15, 0.2) is 77.2 Å². The van der Waals surface area contributed by atoms with E-state index < -0.39 is 23.5 Å². The van der Waals surface area contributed by atoms with Gasteiger partial charge in [-0.1, -0.05) is 60.7 Å². The van der Waals surface area contributed by atoms with Gasteiger partial charge in [-0.15, -0.1) is 0 Å². The highest BCUT2D eigenvalue weighted by Crippen LogP contribution is 2.39. The smallest absolute Gasteiger partial charge is 0.350 e. The van der Waals surface area contributed by atoms with E-state index in [1.54, 1.807) is 42.5 Å². The minimum absolute atomic E-state index is 0.225. The van der Waals surface area contributed by atoms with Crippen LogP contribution in [0.1, 0.15) is 17.2 Å². The van der Waals surface area contributed by atoms with Crippen molar-refractivity contribution in [1.82, 2.24) is 0 Å². The topological polar surface area (TPSA) is 86.0 Å². The first-order chi connectivity index (χ1) is 13.5. The Morgan fingerprint density at radius 2 is 1.39 bits per heavy atom. The summed E-state index contributed by atoms with van der Waals surface area (Å²) >= 11 is 0. The van der Waals surface area contributed by atoms with Crippen molar-refractivity contribution in [3.05, 3.63) is 84.1 Å². The summed E-state index contributed by atoms with van der Waals surface area (Å²) in [4.78, 5) is 25.0. The van der Waals surface area contributed by atoms with E-state index in [1.165, 1.54) is 0 Å². The van der Waals surface area contributed by atoms with E-state index in [4.69, 9.17) is 13.9 Å². The van der Waals surface area contributed by atoms with Crippen LogP contribution in [0.4, 0.5) is 0 Å². The molecule has 3 aromatic rings. The summed E-state index contributed by atoms with van der Waals surface area (Å²) in [5, 5.41) is 11.2. The average Bonchev–Trinajstić information content (AvgIpc) is 3.23. The van der Waals surface area contributed by atoms with Gasteiger partial charge in [-0.25, -0.2) is 9.59 Å². The van der Waals surface area contributed by atoms with Crippen molar-refractivity contribution < 1.29 is 28.6 Å². The number of hydrogen-bond acceptors (Lipinski definition) is 6. The van der Waals surface area contributed by atoms with Crippen LogP contribution < -0.4 is 0 Å². The number of rotatable bonds is 6. The first-order valence-corrected chi connectivity index (χ1v) is 8.61. The Hall–Kier alpha value is -3.38. The lowest BCUT2D eigenvalue weighted by molar-refractivity contribution is -0.182. The summed E-state index contributed by atoms with van der Waals surface area (Å²) < 4.78 is 15.4. The van der Waals surface area contributed by atoms with Crippen molar-refractivity contribution in [2.24, 2.45) is 0 Å². The lowest BCUT2D eigenvalue weighted by atomic mass is 9.80. The maximum absolute atomic E-state index is 12.5. The molecule has 1 atom stereocenters. The number of carbonyl (C=O) groups excluding carboxylic acids is 2. The van der Waals surface area contributed by atoms with E-state index in [9.17, 15) is 14.7 Å². The van der Waals surface area contributed by atoms with Gasteiger partial charge in [0.05, 0.1) is 20.1 Å². The van der Waals surface area contributed by atoms with Gasteiger partial charge in [0.25, 0.3) is 5.60 Å². The Kier molecular flexibility index (Phi) is 5.61. The van der Waals surface area contributed by atoms with Crippen LogP contribution in [-0.4, -0.2) is 36.9 Å². The molecular formula is C22H20O6. The molecule has 6 heteroatoms. The lowest BCUT2D eigenvalue weighted by Crippen LogP contribution is -2.53. The van der Waals surface area contributed by atoms with E-state index in [0.717, 1.165) is 19.8 Å². The molecule has 0 spiro atoms. The number of carbonyl (C=O) groups is 2. The molecule has 0 fully saturated rings. The van der Waals surface area contributed by atoms with Crippen LogP contribution >= 0.6 is 0 Å². The molecular weight excluding hydrogens is 360 g/mol. The van der Waals surface area contributed by atoms with Crippen molar-refractivity contribution >= 4 is 11.9 Å². The molecule has 0 aliphatic rings. The van der Waals surface area contributed by atoms with Gasteiger partial charge in [0.1, 0.15) is 11.5 Å². The van der Waals surface area contributed by atoms with Crippen LogP contribution in [0.2, 0.25) is 0 Å². The fraction of sp³-hybridized carbons (Fsp3) is 0.182. The standard InChI is InChI=1S/C22H20O6/c1-26-20(23)22(25,21(24)27-2)19(16-11-7-4-8-12-16)18-14-13-17(28-18)15-9-5-3-6-10-15/h3-14,19,25H,1-2H3. The molecule has 0 bridgehead atoms. The molecule has 0 aliphatic heterocycles. The molecule has 0 saturated carbocycles. The van der Waals surface area contributed by atoms with E-state index in [1.807, 2.05) is 30.3 Å². The zero-order valence-corrected chi connectivity index (χ0v) is 15.5. The lowest BCUT2D eigenvalue weighted by Gasteiger charge is -2.30. The normalized spacial score (nSPS) is 12.2. The quantitative estimate of drug-likeness (QED) is 0.522. The number of esters is 2. The molecule has 144 valence electrons. The fourth-order valence-electron chi connectivity index (χ4n) is 3.15. The molecule has 3 rings (SSSR count). The molecule has 1 heterocycles. The number of ether oxygens (including phenoxy) is 2. The predicted octanol–water partition coefficient (Wildman–Crippen LogP) is 3.16. The number of hydrogen-bond donors (Lipinski definition) is 1. The molecule has 1 unspecified atom stereocenters. The Morgan fingerprint density at radius 3 is 1.93 bits per heavy atom. The van der Waals surface area contributed by atoms with Crippen LogP contribution in [0, 0.1) is 0 Å². The Morgan fingerprint density at radius 1 is 0.857 bits per heavy atom. The third-order valence-electron chi connectivity index (χ3n) is 4.51. The highest BCUT2D eigenvalue weighted by Gasteiger charge is 2.56. The van der Waals surface area contributed by atoms with E-state index >= 15 is 0 Å². The average molecular weight is 380 g/mol. The molecule has 2 aromatic carbocycles. The number of furan rings is 1. The molecule has 0 saturated heterocycles. The highest BCUT2D eigenvalue weighted by molar-refractivity contribution is 6.05. The van der Waals surface area contributed by atoms with Gasteiger partial charge >= 0.3 is 11.9 Å². The van der Waals surface area contributed by atoms with Crippen LogP contribution in [0.25, 0.3) is 11.3 Å². The second-order valence-corrected chi connectivity index (χ2v) is 6.16. The summed E-state index contributed by atoms with van der Waals surface area (Å²) in [6.07, 6.45) is 0. The van der Waals surface area contributed by atoms with Crippen LogP contribution in [0.3, 0.4) is 0 Å². The SMILES string of the molecule is COC(=O)C(O)(C(=O)OC)C(c1ccccc1)c1ccc(-c2ccccc2)o1. The largest absolute Gasteiger partial charge is 0.466 e. The zero-order valence-electron chi connectivity index (χ0n) is 15.5. The Labute approximate surface area is 162 Å². The molecule has 1 aromatic heterocycles. The van der Waals surface area contributed by atoms with Gasteiger partial charge in [-0.05, 0) is 17.7 Å². The Balaban J connectivity index is 2.17. The van der Waals surface area contributed by atoms with Gasteiger partial charge in [0, 0.05) is 5.56 Å². The van der Waals surface area contributed by atoms with Crippen LogP contribution in [-0.2, 0) is 19.1 Å². The van der Waals surface area contributed by atoms with Gasteiger partial charge in [-0.3, -0.25) is 0 Å². The number of benzene rings is 2. The summed E-state index contributed by atoms with van der Waals surface area (Å²) in [5.41, 5.74) is -1.30. The first-order valence-electron chi connectivity index (χ1n) is 8.61. The zero-order chi connectivity index (χ0) is 20.1. The number of aliphatic hydroxyl groups is 1. The highest BCUT2D eigenvalue weighted by atomic mass is 16.6. The molecule has 0 radical (unpaired) electrons. The summed E-state index contributed by atoms with van der Waals surface area (Å²) in [6.45, 7) is 0. The van der Waals surface area contributed by atoms with Crippen molar-refractivity contribution in [2.45, 2.75) is 11.5 Å². The van der Waals surface area contributed by atoms with E-state index in [0.29, 0.717) is 11.3 Å². The summed E-state index contributed by atoms with van der Waals surface area (Å²) in [7, 11) is 2.19. The summed E-state index contributed by atoms with van der Waals surface area (Å²) in [6, 6.07) is 21.3. The number of methoxy groups -OCH3 is 2. The molecule has 6 nitrogen and oxygen atoms in total. The van der Waals surface area contributed by atoms with Gasteiger partial charge < -0.3 is 19.0 Å². The molecule has 28 heavy (non-hydrogen) atoms. The summed E-state index contributed by atoms with van der Waals surface area (Å²) in [5.74, 6) is -2.67. The molecule has 0 aliphatic carbocycles. The maximum atomic E-state index is 12.5. The third-order valence-corrected chi connectivity index (χ3v) is 4.51. The van der Waals surface area contributed by atoms with Crippen molar-refractivity contribution in [1.29, 1.82) is 0 Å². The van der Waals surface area contributed by atoms with Gasteiger partial charge in [0.2, 0.25) is 0 Å². The van der Waals surface area contributed by atoms with Crippen molar-refractivity contribution in [3.63, 3.8) is 0 Å². The van der Waals surface area contributed by atoms with Crippen molar-refractivity contribution in [2.75, 3.05) is 14.2 Å². The maximum Gasteiger partial charge on any atom is 0.350 e. The van der Waals surface area contributed by atoms with E-state index in [2.05, 4.69) is 0 Å². The second kappa shape index (κ2) is 8.10. The predicted molar refractivity (Wildman–Crippen MR) is 101 cm³/mol. The van der Waals surface area contributed by atoms with Gasteiger partial charge in [0.15, 0.2) is 0 Å². The van der Waals surface area contributed by atoms with Crippen molar-refractivity contribution in [3.8, 4) is 11.3 Å². The fourth-order valence-corrected chi connectivity index (χ4v) is 3.15. The molecule has 1 N–H and O–H groups in total. The first kappa shape index (κ1) is 19.4. The Bertz CT molecular complexity index is 929.